The minimum atomic E-state index is -0.636. The minimum absolute atomic E-state index is 0.0319. The number of nitrogens with one attached hydrogen (secondary N) is 1. The highest BCUT2D eigenvalue weighted by Crippen LogP contribution is 2.08. The Morgan fingerprint density at radius 3 is 2.18 bits per heavy atom. The molecule has 0 aliphatic rings. The van der Waals surface area contributed by atoms with Gasteiger partial charge in [-0.05, 0) is 11.8 Å². The molecule has 0 heterocycles. The highest BCUT2D eigenvalue weighted by molar-refractivity contribution is 5.87. The number of amides is 1. The summed E-state index contributed by atoms with van der Waals surface area (Å²) in [6.07, 6.45) is 0.819. The van der Waals surface area contributed by atoms with Gasteiger partial charge in [-0.1, -0.05) is 34.1 Å². The third-order valence-corrected chi connectivity index (χ3v) is 2.98. The quantitative estimate of drug-likeness (QED) is 0.673. The SMILES string of the molecule is CC[C@H](C)[C@H](N)C(=O)NC(C(=O)OC)C(C)C. The number of rotatable bonds is 6. The van der Waals surface area contributed by atoms with Crippen molar-refractivity contribution in [1.29, 1.82) is 0 Å². The summed E-state index contributed by atoms with van der Waals surface area (Å²) in [4.78, 5) is 23.3. The third-order valence-electron chi connectivity index (χ3n) is 2.98. The van der Waals surface area contributed by atoms with Gasteiger partial charge in [0, 0.05) is 0 Å². The van der Waals surface area contributed by atoms with Gasteiger partial charge in [0.15, 0.2) is 0 Å². The average Bonchev–Trinajstić information content (AvgIpc) is 2.32. The van der Waals surface area contributed by atoms with E-state index in [0.717, 1.165) is 6.42 Å². The van der Waals surface area contributed by atoms with Gasteiger partial charge in [0.05, 0.1) is 13.2 Å². The normalized spacial score (nSPS) is 16.2. The van der Waals surface area contributed by atoms with Crippen molar-refractivity contribution in [2.45, 2.75) is 46.2 Å². The maximum absolute atomic E-state index is 11.8. The standard InChI is InChI=1S/C12H24N2O3/c1-6-8(4)9(13)11(15)14-10(7(2)3)12(16)17-5/h7-10H,6,13H2,1-5H3,(H,14,15)/t8-,9-,10?/m0/s1. The lowest BCUT2D eigenvalue weighted by Gasteiger charge is -2.24. The fourth-order valence-electron chi connectivity index (χ4n) is 1.39. The van der Waals surface area contributed by atoms with E-state index in [1.807, 2.05) is 27.7 Å². The molecule has 3 atom stereocenters. The van der Waals surface area contributed by atoms with Gasteiger partial charge >= 0.3 is 5.97 Å². The summed E-state index contributed by atoms with van der Waals surface area (Å²) in [6.45, 7) is 7.57. The van der Waals surface area contributed by atoms with Crippen LogP contribution in [0, 0.1) is 11.8 Å². The Morgan fingerprint density at radius 2 is 1.82 bits per heavy atom. The molecule has 1 unspecified atom stereocenters. The summed E-state index contributed by atoms with van der Waals surface area (Å²) in [5, 5.41) is 2.64. The maximum Gasteiger partial charge on any atom is 0.328 e. The molecule has 0 aromatic carbocycles. The van der Waals surface area contributed by atoms with Crippen LogP contribution in [0.4, 0.5) is 0 Å². The summed E-state index contributed by atoms with van der Waals surface area (Å²) >= 11 is 0. The van der Waals surface area contributed by atoms with Crippen LogP contribution < -0.4 is 11.1 Å². The second kappa shape index (κ2) is 7.27. The molecule has 0 aromatic rings. The molecule has 0 spiro atoms. The fraction of sp³-hybridized carbons (Fsp3) is 0.833. The highest BCUT2D eigenvalue weighted by Gasteiger charge is 2.28. The van der Waals surface area contributed by atoms with Gasteiger partial charge in [-0.2, -0.15) is 0 Å². The summed E-state index contributed by atoms with van der Waals surface area (Å²) in [5.74, 6) is -0.691. The first-order chi connectivity index (χ1) is 7.84. The summed E-state index contributed by atoms with van der Waals surface area (Å²) in [5.41, 5.74) is 5.80. The lowest BCUT2D eigenvalue weighted by atomic mass is 9.98. The molecular weight excluding hydrogens is 220 g/mol. The molecule has 1 amide bonds. The predicted octanol–water partition coefficient (Wildman–Crippen LogP) is 0.674. The van der Waals surface area contributed by atoms with Crippen molar-refractivity contribution in [2.24, 2.45) is 17.6 Å². The van der Waals surface area contributed by atoms with Gasteiger partial charge in [-0.15, -0.1) is 0 Å². The second-order valence-corrected chi connectivity index (χ2v) is 4.66. The Bertz CT molecular complexity index is 266. The second-order valence-electron chi connectivity index (χ2n) is 4.66. The molecule has 0 fully saturated rings. The van der Waals surface area contributed by atoms with Gasteiger partial charge in [0.2, 0.25) is 5.91 Å². The molecule has 3 N–H and O–H groups in total. The summed E-state index contributed by atoms with van der Waals surface area (Å²) in [7, 11) is 1.30. The van der Waals surface area contributed by atoms with Gasteiger partial charge in [-0.3, -0.25) is 4.79 Å². The molecular formula is C12H24N2O3. The van der Waals surface area contributed by atoms with Gasteiger partial charge in [0.25, 0.3) is 0 Å². The molecule has 0 bridgehead atoms. The van der Waals surface area contributed by atoms with E-state index >= 15 is 0 Å². The van der Waals surface area contributed by atoms with Crippen LogP contribution in [-0.4, -0.2) is 31.1 Å². The number of carbonyl (C=O) groups excluding carboxylic acids is 2. The Labute approximate surface area is 103 Å². The summed E-state index contributed by atoms with van der Waals surface area (Å²) in [6, 6.07) is -1.23. The Kier molecular flexibility index (Phi) is 6.80. The number of hydrogen-bond acceptors (Lipinski definition) is 4. The van der Waals surface area contributed by atoms with E-state index in [1.54, 1.807) is 0 Å². The first-order valence-electron chi connectivity index (χ1n) is 5.98. The van der Waals surface area contributed by atoms with Crippen molar-refractivity contribution in [3.05, 3.63) is 0 Å². The van der Waals surface area contributed by atoms with Crippen LogP contribution >= 0.6 is 0 Å². The van der Waals surface area contributed by atoms with Crippen LogP contribution in [-0.2, 0) is 14.3 Å². The van der Waals surface area contributed by atoms with Crippen molar-refractivity contribution < 1.29 is 14.3 Å². The highest BCUT2D eigenvalue weighted by atomic mass is 16.5. The van der Waals surface area contributed by atoms with E-state index in [4.69, 9.17) is 5.73 Å². The maximum atomic E-state index is 11.8. The van der Waals surface area contributed by atoms with Crippen molar-refractivity contribution in [1.82, 2.24) is 5.32 Å². The predicted molar refractivity (Wildman–Crippen MR) is 66.2 cm³/mol. The van der Waals surface area contributed by atoms with Crippen LogP contribution in [0.15, 0.2) is 0 Å². The first kappa shape index (κ1) is 15.9. The van der Waals surface area contributed by atoms with E-state index in [-0.39, 0.29) is 17.7 Å². The lowest BCUT2D eigenvalue weighted by Crippen LogP contribution is -2.52. The zero-order valence-electron chi connectivity index (χ0n) is 11.3. The first-order valence-corrected chi connectivity index (χ1v) is 5.98. The number of esters is 1. The van der Waals surface area contributed by atoms with Crippen LogP contribution in [0.25, 0.3) is 0 Å². The number of ether oxygens (including phenoxy) is 1. The molecule has 100 valence electrons. The van der Waals surface area contributed by atoms with E-state index in [9.17, 15) is 9.59 Å². The molecule has 0 radical (unpaired) electrons. The Morgan fingerprint density at radius 1 is 1.29 bits per heavy atom. The van der Waals surface area contributed by atoms with Crippen LogP contribution in [0.1, 0.15) is 34.1 Å². The monoisotopic (exact) mass is 244 g/mol. The number of hydrogen-bond donors (Lipinski definition) is 2. The zero-order chi connectivity index (χ0) is 13.6. The molecule has 0 saturated carbocycles. The largest absolute Gasteiger partial charge is 0.467 e. The van der Waals surface area contributed by atoms with Crippen LogP contribution in [0.2, 0.25) is 0 Å². The van der Waals surface area contributed by atoms with Gasteiger partial charge in [0.1, 0.15) is 6.04 Å². The summed E-state index contributed by atoms with van der Waals surface area (Å²) < 4.78 is 4.65. The minimum Gasteiger partial charge on any atom is -0.467 e. The molecule has 0 aliphatic carbocycles. The Balaban J connectivity index is 4.56. The molecule has 0 aromatic heterocycles. The van der Waals surface area contributed by atoms with Crippen LogP contribution in [0.3, 0.4) is 0 Å². The molecule has 0 saturated heterocycles. The molecule has 5 heteroatoms. The molecule has 0 rings (SSSR count). The van der Waals surface area contributed by atoms with Crippen molar-refractivity contribution in [3.8, 4) is 0 Å². The third kappa shape index (κ3) is 4.73. The van der Waals surface area contributed by atoms with Crippen molar-refractivity contribution in [3.63, 3.8) is 0 Å². The van der Waals surface area contributed by atoms with E-state index in [1.165, 1.54) is 7.11 Å². The van der Waals surface area contributed by atoms with E-state index < -0.39 is 18.1 Å². The lowest BCUT2D eigenvalue weighted by molar-refractivity contribution is -0.146. The smallest absolute Gasteiger partial charge is 0.328 e. The van der Waals surface area contributed by atoms with Crippen LogP contribution in [0.5, 0.6) is 0 Å². The number of nitrogens with two attached hydrogens (primary N) is 1. The fourth-order valence-corrected chi connectivity index (χ4v) is 1.39. The molecule has 0 aliphatic heterocycles. The van der Waals surface area contributed by atoms with Gasteiger partial charge in [-0.25, -0.2) is 4.79 Å². The number of methoxy groups -OCH3 is 1. The molecule has 17 heavy (non-hydrogen) atoms. The van der Waals surface area contributed by atoms with Crippen molar-refractivity contribution >= 4 is 11.9 Å². The Hall–Kier alpha value is -1.10. The van der Waals surface area contributed by atoms with E-state index in [2.05, 4.69) is 10.1 Å². The van der Waals surface area contributed by atoms with Gasteiger partial charge < -0.3 is 15.8 Å². The zero-order valence-corrected chi connectivity index (χ0v) is 11.3. The van der Waals surface area contributed by atoms with Crippen molar-refractivity contribution in [2.75, 3.05) is 7.11 Å². The average molecular weight is 244 g/mol. The topological polar surface area (TPSA) is 81.4 Å². The number of carbonyl (C=O) groups is 2. The van der Waals surface area contributed by atoms with E-state index in [0.29, 0.717) is 0 Å². The molecule has 5 nitrogen and oxygen atoms in total.